The summed E-state index contributed by atoms with van der Waals surface area (Å²) in [7, 11) is 0. The lowest BCUT2D eigenvalue weighted by atomic mass is 10.1. The Balaban J connectivity index is 1.44. The van der Waals surface area contributed by atoms with Crippen molar-refractivity contribution in [3.05, 3.63) is 24.3 Å². The molecule has 1 aromatic carbocycles. The fraction of sp³-hybridized carbons (Fsp3) is 0.667. The summed E-state index contributed by atoms with van der Waals surface area (Å²) in [6.45, 7) is 4.44. The van der Waals surface area contributed by atoms with Crippen LogP contribution in [0.15, 0.2) is 24.3 Å². The summed E-state index contributed by atoms with van der Waals surface area (Å²) in [6.07, 6.45) is 10.1. The van der Waals surface area contributed by atoms with Crippen molar-refractivity contribution in [1.29, 1.82) is 0 Å². The van der Waals surface area contributed by atoms with Crippen molar-refractivity contribution >= 4 is 17.3 Å². The van der Waals surface area contributed by atoms with Crippen LogP contribution in [-0.4, -0.2) is 43.0 Å². The Morgan fingerprint density at radius 3 is 2.32 bits per heavy atom. The van der Waals surface area contributed by atoms with Crippen molar-refractivity contribution < 1.29 is 4.79 Å². The van der Waals surface area contributed by atoms with Gasteiger partial charge in [-0.2, -0.15) is 0 Å². The topological polar surface area (TPSA) is 35.6 Å². The van der Waals surface area contributed by atoms with Crippen LogP contribution >= 0.6 is 0 Å². The molecule has 1 aliphatic carbocycles. The lowest BCUT2D eigenvalue weighted by Crippen LogP contribution is -2.44. The lowest BCUT2D eigenvalue weighted by molar-refractivity contribution is -0.121. The highest BCUT2D eigenvalue weighted by atomic mass is 16.2. The average Bonchev–Trinajstić information content (AvgIpc) is 3.37. The monoisotopic (exact) mass is 341 g/mol. The number of anilines is 2. The van der Waals surface area contributed by atoms with Crippen LogP contribution in [0.25, 0.3) is 0 Å². The minimum Gasteiger partial charge on any atom is -0.371 e. The summed E-state index contributed by atoms with van der Waals surface area (Å²) in [5.74, 6) is 0.782. The van der Waals surface area contributed by atoms with E-state index >= 15 is 0 Å². The van der Waals surface area contributed by atoms with E-state index in [0.29, 0.717) is 5.92 Å². The number of nitrogens with zero attached hydrogens (tertiary/aromatic N) is 2. The smallest absolute Gasteiger partial charge is 0.242 e. The zero-order chi connectivity index (χ0) is 17.1. The Morgan fingerprint density at radius 2 is 1.64 bits per heavy atom. The zero-order valence-corrected chi connectivity index (χ0v) is 15.3. The number of likely N-dealkylation sites (tertiary alicyclic amines) is 1. The highest BCUT2D eigenvalue weighted by Gasteiger charge is 2.40. The van der Waals surface area contributed by atoms with Gasteiger partial charge in [-0.05, 0) is 75.7 Å². The third-order valence-electron chi connectivity index (χ3n) is 5.96. The van der Waals surface area contributed by atoms with Crippen molar-refractivity contribution in [2.75, 3.05) is 36.4 Å². The summed E-state index contributed by atoms with van der Waals surface area (Å²) in [5.41, 5.74) is 2.21. The molecule has 0 radical (unpaired) electrons. The second-order valence-electron chi connectivity index (χ2n) is 7.97. The third kappa shape index (κ3) is 4.17. The Hall–Kier alpha value is -1.55. The number of amides is 1. The van der Waals surface area contributed by atoms with Gasteiger partial charge in [0.2, 0.25) is 5.91 Å². The van der Waals surface area contributed by atoms with Crippen LogP contribution in [0.5, 0.6) is 0 Å². The van der Waals surface area contributed by atoms with Crippen molar-refractivity contribution in [3.8, 4) is 0 Å². The van der Waals surface area contributed by atoms with Crippen LogP contribution in [0.2, 0.25) is 0 Å². The van der Waals surface area contributed by atoms with Gasteiger partial charge in [0.15, 0.2) is 0 Å². The second-order valence-corrected chi connectivity index (χ2v) is 7.97. The molecule has 3 aliphatic rings. The molecule has 0 unspecified atom stereocenters. The molecular weight excluding hydrogens is 310 g/mol. The van der Waals surface area contributed by atoms with E-state index in [1.165, 1.54) is 57.1 Å². The van der Waals surface area contributed by atoms with E-state index in [4.69, 9.17) is 0 Å². The highest BCUT2D eigenvalue weighted by molar-refractivity contribution is 5.95. The summed E-state index contributed by atoms with van der Waals surface area (Å²) in [4.78, 5) is 17.8. The number of rotatable bonds is 5. The first-order valence-corrected chi connectivity index (χ1v) is 10.2. The molecule has 1 atom stereocenters. The highest BCUT2D eigenvalue weighted by Crippen LogP contribution is 2.37. The van der Waals surface area contributed by atoms with E-state index in [1.807, 2.05) is 6.07 Å². The van der Waals surface area contributed by atoms with Gasteiger partial charge in [-0.3, -0.25) is 9.69 Å². The summed E-state index contributed by atoms with van der Waals surface area (Å²) >= 11 is 0. The van der Waals surface area contributed by atoms with Crippen molar-refractivity contribution in [3.63, 3.8) is 0 Å². The number of hydrogen-bond donors (Lipinski definition) is 1. The molecule has 2 heterocycles. The van der Waals surface area contributed by atoms with Crippen LogP contribution in [0.1, 0.15) is 51.4 Å². The fourth-order valence-corrected chi connectivity index (χ4v) is 4.44. The van der Waals surface area contributed by atoms with E-state index in [1.54, 1.807) is 0 Å². The molecule has 1 N–H and O–H groups in total. The van der Waals surface area contributed by atoms with Gasteiger partial charge >= 0.3 is 0 Å². The first-order chi connectivity index (χ1) is 12.3. The van der Waals surface area contributed by atoms with Crippen LogP contribution in [0.4, 0.5) is 11.4 Å². The second kappa shape index (κ2) is 7.77. The van der Waals surface area contributed by atoms with Crippen LogP contribution in [-0.2, 0) is 4.79 Å². The van der Waals surface area contributed by atoms with Crippen LogP contribution in [0, 0.1) is 5.92 Å². The van der Waals surface area contributed by atoms with Gasteiger partial charge in [0.05, 0.1) is 6.04 Å². The predicted octanol–water partition coefficient (Wildman–Crippen LogP) is 3.88. The molecule has 4 rings (SSSR count). The van der Waals surface area contributed by atoms with Gasteiger partial charge < -0.3 is 10.2 Å². The number of carbonyl (C=O) groups is 1. The first kappa shape index (κ1) is 16.9. The van der Waals surface area contributed by atoms with E-state index in [9.17, 15) is 4.79 Å². The SMILES string of the molecule is O=C(Nc1cccc(N2CCCCCC2)c1)[C@@H](C1CC1)N1CCCC1. The van der Waals surface area contributed by atoms with E-state index in [0.717, 1.165) is 31.9 Å². The number of hydrogen-bond acceptors (Lipinski definition) is 3. The minimum atomic E-state index is 0.0874. The standard InChI is InChI=1S/C21H31N3O/c25-21(20(17-10-11-17)24-14-5-6-15-24)22-18-8-7-9-19(16-18)23-12-3-1-2-4-13-23/h7-9,16-17,20H,1-6,10-15H2,(H,22,25)/t20-/m1/s1. The van der Waals surface area contributed by atoms with Gasteiger partial charge in [-0.1, -0.05) is 18.9 Å². The van der Waals surface area contributed by atoms with Gasteiger partial charge in [0, 0.05) is 24.5 Å². The maximum absolute atomic E-state index is 13.0. The number of benzene rings is 1. The quantitative estimate of drug-likeness (QED) is 0.883. The van der Waals surface area contributed by atoms with Crippen molar-refractivity contribution in [2.45, 2.75) is 57.4 Å². The molecule has 1 saturated carbocycles. The molecule has 25 heavy (non-hydrogen) atoms. The van der Waals surface area contributed by atoms with Gasteiger partial charge in [-0.25, -0.2) is 0 Å². The van der Waals surface area contributed by atoms with E-state index in [-0.39, 0.29) is 11.9 Å². The predicted molar refractivity (Wildman–Crippen MR) is 103 cm³/mol. The Morgan fingerprint density at radius 1 is 0.960 bits per heavy atom. The summed E-state index contributed by atoms with van der Waals surface area (Å²) < 4.78 is 0. The molecule has 0 aromatic heterocycles. The zero-order valence-electron chi connectivity index (χ0n) is 15.3. The number of nitrogens with one attached hydrogen (secondary N) is 1. The van der Waals surface area contributed by atoms with Crippen LogP contribution < -0.4 is 10.2 Å². The maximum Gasteiger partial charge on any atom is 0.242 e. The Labute approximate surface area is 151 Å². The largest absolute Gasteiger partial charge is 0.371 e. The third-order valence-corrected chi connectivity index (χ3v) is 5.96. The van der Waals surface area contributed by atoms with E-state index < -0.39 is 0 Å². The normalized spacial score (nSPS) is 23.3. The lowest BCUT2D eigenvalue weighted by Gasteiger charge is -2.27. The average molecular weight is 341 g/mol. The Bertz CT molecular complexity index is 585. The molecule has 0 spiro atoms. The summed E-state index contributed by atoms with van der Waals surface area (Å²) in [5, 5.41) is 3.23. The molecule has 1 aromatic rings. The van der Waals surface area contributed by atoms with Crippen molar-refractivity contribution in [2.24, 2.45) is 5.92 Å². The molecule has 1 amide bonds. The maximum atomic E-state index is 13.0. The minimum absolute atomic E-state index is 0.0874. The van der Waals surface area contributed by atoms with Crippen LogP contribution in [0.3, 0.4) is 0 Å². The molecule has 136 valence electrons. The van der Waals surface area contributed by atoms with Gasteiger partial charge in [-0.15, -0.1) is 0 Å². The molecule has 0 bridgehead atoms. The van der Waals surface area contributed by atoms with E-state index in [2.05, 4.69) is 33.3 Å². The molecular formula is C21H31N3O. The molecule has 4 heteroatoms. The van der Waals surface area contributed by atoms with Crippen molar-refractivity contribution in [1.82, 2.24) is 4.90 Å². The summed E-state index contributed by atoms with van der Waals surface area (Å²) in [6, 6.07) is 8.55. The molecule has 3 fully saturated rings. The molecule has 2 aliphatic heterocycles. The first-order valence-electron chi connectivity index (χ1n) is 10.2. The van der Waals surface area contributed by atoms with Gasteiger partial charge in [0.1, 0.15) is 0 Å². The van der Waals surface area contributed by atoms with Gasteiger partial charge in [0.25, 0.3) is 0 Å². The Kier molecular flexibility index (Phi) is 5.25. The number of carbonyl (C=O) groups excluding carboxylic acids is 1. The molecule has 2 saturated heterocycles. The fourth-order valence-electron chi connectivity index (χ4n) is 4.44. The molecule has 4 nitrogen and oxygen atoms in total.